The second-order valence-electron chi connectivity index (χ2n) is 6.41. The Morgan fingerprint density at radius 3 is 2.83 bits per heavy atom. The lowest BCUT2D eigenvalue weighted by atomic mass is 9.72. The van der Waals surface area contributed by atoms with Crippen LogP contribution in [0.5, 0.6) is 0 Å². The molecule has 1 aliphatic heterocycles. The van der Waals surface area contributed by atoms with Gasteiger partial charge in [-0.3, -0.25) is 9.69 Å². The van der Waals surface area contributed by atoms with E-state index in [1.54, 1.807) is 11.1 Å². The maximum absolute atomic E-state index is 11.6. The lowest BCUT2D eigenvalue weighted by Gasteiger charge is -2.37. The molecule has 0 saturated carbocycles. The molecule has 2 aliphatic rings. The first-order valence-corrected chi connectivity index (χ1v) is 7.17. The molecule has 18 heavy (non-hydrogen) atoms. The van der Waals surface area contributed by atoms with Gasteiger partial charge >= 0.3 is 0 Å². The van der Waals surface area contributed by atoms with E-state index in [1.165, 1.54) is 19.3 Å². The van der Waals surface area contributed by atoms with Crippen LogP contribution in [0.1, 0.15) is 46.5 Å². The summed E-state index contributed by atoms with van der Waals surface area (Å²) in [6.07, 6.45) is 4.89. The van der Waals surface area contributed by atoms with Crippen molar-refractivity contribution in [3.63, 3.8) is 0 Å². The fraction of sp³-hybridized carbons (Fsp3) is 0.800. The lowest BCUT2D eigenvalue weighted by Crippen LogP contribution is -2.37. The zero-order valence-electron chi connectivity index (χ0n) is 12.0. The third-order valence-corrected chi connectivity index (χ3v) is 4.41. The van der Waals surface area contributed by atoms with Gasteiger partial charge in [-0.15, -0.1) is 0 Å². The topological polar surface area (TPSA) is 32.3 Å². The van der Waals surface area contributed by atoms with E-state index >= 15 is 0 Å². The number of hydrogen-bond acceptors (Lipinski definition) is 2. The first kappa shape index (κ1) is 13.6. The molecule has 0 bridgehead atoms. The van der Waals surface area contributed by atoms with Crippen molar-refractivity contribution in [2.45, 2.75) is 46.5 Å². The van der Waals surface area contributed by atoms with Gasteiger partial charge in [0.25, 0.3) is 0 Å². The van der Waals surface area contributed by atoms with Crippen molar-refractivity contribution in [2.24, 2.45) is 5.41 Å². The van der Waals surface area contributed by atoms with Crippen LogP contribution in [0.25, 0.3) is 0 Å². The van der Waals surface area contributed by atoms with Crippen molar-refractivity contribution in [1.82, 2.24) is 10.2 Å². The van der Waals surface area contributed by atoms with Gasteiger partial charge in [0.2, 0.25) is 5.91 Å². The number of nitrogens with zero attached hydrogens (tertiary/aromatic N) is 1. The summed E-state index contributed by atoms with van der Waals surface area (Å²) in [4.78, 5) is 13.9. The Morgan fingerprint density at radius 2 is 2.11 bits per heavy atom. The Labute approximate surface area is 111 Å². The maximum atomic E-state index is 11.6. The zero-order chi connectivity index (χ0) is 13.2. The van der Waals surface area contributed by atoms with E-state index < -0.39 is 0 Å². The Balaban J connectivity index is 2.09. The van der Waals surface area contributed by atoms with Crippen LogP contribution in [0.2, 0.25) is 0 Å². The van der Waals surface area contributed by atoms with Crippen LogP contribution in [0.3, 0.4) is 0 Å². The summed E-state index contributed by atoms with van der Waals surface area (Å²) in [5, 5.41) is 2.95. The SMILES string of the molecule is CC1=C(CN2CCCNC(=O)C2)C(C)(C)CCC1. The largest absolute Gasteiger partial charge is 0.355 e. The first-order valence-electron chi connectivity index (χ1n) is 7.17. The van der Waals surface area contributed by atoms with Crippen molar-refractivity contribution >= 4 is 5.91 Å². The van der Waals surface area contributed by atoms with Crippen molar-refractivity contribution in [3.05, 3.63) is 11.1 Å². The molecule has 2 rings (SSSR count). The Morgan fingerprint density at radius 1 is 1.33 bits per heavy atom. The Kier molecular flexibility index (Phi) is 4.10. The number of nitrogens with one attached hydrogen (secondary N) is 1. The molecule has 0 unspecified atom stereocenters. The van der Waals surface area contributed by atoms with Gasteiger partial charge in [0.15, 0.2) is 0 Å². The molecular formula is C15H26N2O. The van der Waals surface area contributed by atoms with Crippen LogP contribution >= 0.6 is 0 Å². The number of amides is 1. The number of allylic oxidation sites excluding steroid dienone is 1. The first-order chi connectivity index (χ1) is 8.49. The molecule has 102 valence electrons. The highest BCUT2D eigenvalue weighted by molar-refractivity contribution is 5.78. The van der Waals surface area contributed by atoms with Crippen LogP contribution in [-0.4, -0.2) is 37.0 Å². The standard InChI is InChI=1S/C15H26N2O/c1-12-6-4-7-15(2,3)13(12)10-17-9-5-8-16-14(18)11-17/h4-11H2,1-3H3,(H,16,18). The molecule has 1 saturated heterocycles. The van der Waals surface area contributed by atoms with E-state index in [-0.39, 0.29) is 5.91 Å². The van der Waals surface area contributed by atoms with E-state index in [0.717, 1.165) is 26.1 Å². The van der Waals surface area contributed by atoms with E-state index in [1.807, 2.05) is 0 Å². The highest BCUT2D eigenvalue weighted by Crippen LogP contribution is 2.40. The number of carbonyl (C=O) groups is 1. The van der Waals surface area contributed by atoms with E-state index in [0.29, 0.717) is 12.0 Å². The highest BCUT2D eigenvalue weighted by Gasteiger charge is 2.30. The van der Waals surface area contributed by atoms with Crippen LogP contribution in [0.15, 0.2) is 11.1 Å². The molecule has 0 radical (unpaired) electrons. The summed E-state index contributed by atoms with van der Waals surface area (Å²) >= 11 is 0. The molecule has 3 heteroatoms. The summed E-state index contributed by atoms with van der Waals surface area (Å²) in [7, 11) is 0. The molecule has 1 N–H and O–H groups in total. The summed E-state index contributed by atoms with van der Waals surface area (Å²) in [5.74, 6) is 0.180. The van der Waals surface area contributed by atoms with Crippen molar-refractivity contribution in [2.75, 3.05) is 26.2 Å². The van der Waals surface area contributed by atoms with Crippen LogP contribution in [-0.2, 0) is 4.79 Å². The molecule has 1 aliphatic carbocycles. The predicted octanol–water partition coefficient (Wildman–Crippen LogP) is 2.33. The van der Waals surface area contributed by atoms with E-state index in [2.05, 4.69) is 31.0 Å². The van der Waals surface area contributed by atoms with Gasteiger partial charge in [-0.25, -0.2) is 0 Å². The second kappa shape index (κ2) is 5.43. The van der Waals surface area contributed by atoms with Gasteiger partial charge in [0.1, 0.15) is 0 Å². The van der Waals surface area contributed by atoms with E-state index in [9.17, 15) is 4.79 Å². The summed E-state index contributed by atoms with van der Waals surface area (Å²) in [6.45, 7) is 10.4. The fourth-order valence-corrected chi connectivity index (χ4v) is 3.25. The van der Waals surface area contributed by atoms with Gasteiger partial charge in [-0.05, 0) is 38.0 Å². The van der Waals surface area contributed by atoms with Gasteiger partial charge in [-0.2, -0.15) is 0 Å². The molecule has 1 amide bonds. The normalized spacial score (nSPS) is 25.8. The van der Waals surface area contributed by atoms with Crippen molar-refractivity contribution in [1.29, 1.82) is 0 Å². The highest BCUT2D eigenvalue weighted by atomic mass is 16.2. The van der Waals surface area contributed by atoms with Crippen molar-refractivity contribution < 1.29 is 4.79 Å². The molecule has 0 spiro atoms. The smallest absolute Gasteiger partial charge is 0.234 e. The van der Waals surface area contributed by atoms with Crippen LogP contribution in [0, 0.1) is 5.41 Å². The number of carbonyl (C=O) groups excluding carboxylic acids is 1. The monoisotopic (exact) mass is 250 g/mol. The second-order valence-corrected chi connectivity index (χ2v) is 6.41. The summed E-state index contributed by atoms with van der Waals surface area (Å²) in [5.41, 5.74) is 3.44. The van der Waals surface area contributed by atoms with E-state index in [4.69, 9.17) is 0 Å². The average Bonchev–Trinajstić information content (AvgIpc) is 2.48. The summed E-state index contributed by atoms with van der Waals surface area (Å²) < 4.78 is 0. The Hall–Kier alpha value is -0.830. The molecule has 1 fully saturated rings. The molecule has 0 aromatic carbocycles. The van der Waals surface area contributed by atoms with Crippen LogP contribution < -0.4 is 5.32 Å². The van der Waals surface area contributed by atoms with Gasteiger partial charge in [0.05, 0.1) is 6.54 Å². The predicted molar refractivity (Wildman–Crippen MR) is 74.4 cm³/mol. The quantitative estimate of drug-likeness (QED) is 0.763. The minimum absolute atomic E-state index is 0.180. The Bertz CT molecular complexity index is 358. The average molecular weight is 250 g/mol. The van der Waals surface area contributed by atoms with Crippen molar-refractivity contribution in [3.8, 4) is 0 Å². The van der Waals surface area contributed by atoms with Gasteiger partial charge < -0.3 is 5.32 Å². The van der Waals surface area contributed by atoms with Crippen LogP contribution in [0.4, 0.5) is 0 Å². The zero-order valence-corrected chi connectivity index (χ0v) is 12.0. The molecule has 3 nitrogen and oxygen atoms in total. The fourth-order valence-electron chi connectivity index (χ4n) is 3.25. The summed E-state index contributed by atoms with van der Waals surface area (Å²) in [6, 6.07) is 0. The lowest BCUT2D eigenvalue weighted by molar-refractivity contribution is -0.121. The van der Waals surface area contributed by atoms with Gasteiger partial charge in [0, 0.05) is 19.6 Å². The molecule has 0 aromatic rings. The number of rotatable bonds is 2. The maximum Gasteiger partial charge on any atom is 0.234 e. The molecule has 0 atom stereocenters. The molecule has 1 heterocycles. The third kappa shape index (κ3) is 3.14. The third-order valence-electron chi connectivity index (χ3n) is 4.41. The number of hydrogen-bond donors (Lipinski definition) is 1. The van der Waals surface area contributed by atoms with Gasteiger partial charge in [-0.1, -0.05) is 25.0 Å². The minimum atomic E-state index is 0.180. The molecular weight excluding hydrogens is 224 g/mol. The molecule has 0 aromatic heterocycles. The minimum Gasteiger partial charge on any atom is -0.355 e.